The molecule has 0 saturated carbocycles. The summed E-state index contributed by atoms with van der Waals surface area (Å²) in [7, 11) is 0. The summed E-state index contributed by atoms with van der Waals surface area (Å²) in [5.74, 6) is -0.457. The Balaban J connectivity index is 0. The lowest BCUT2D eigenvalue weighted by Gasteiger charge is -2.04. The fourth-order valence-electron chi connectivity index (χ4n) is 0.388. The van der Waals surface area contributed by atoms with Crippen LogP contribution in [-0.4, -0.2) is 23.8 Å². The normalized spacial score (nSPS) is 10.1. The molecule has 0 fully saturated rings. The molecule has 0 aromatic heterocycles. The number of aliphatic hydroxyl groups excluding tert-OH is 1. The maximum Gasteiger partial charge on any atom is 0.333 e. The number of carbonyl (C=O) groups excluding carboxylic acids is 1. The topological polar surface area (TPSA) is 55.8 Å². The summed E-state index contributed by atoms with van der Waals surface area (Å²) in [4.78, 5) is 10.6. The third-order valence-corrected chi connectivity index (χ3v) is 0.997. The minimum atomic E-state index is -0.608. The number of hydrogen-bond acceptors (Lipinski definition) is 4. The van der Waals surface area contributed by atoms with Gasteiger partial charge in [0.1, 0.15) is 6.61 Å². The molecule has 15 heavy (non-hydrogen) atoms. The molecule has 1 atom stereocenters. The van der Waals surface area contributed by atoms with Gasteiger partial charge in [-0.15, -0.1) is 0 Å². The first-order valence-electron chi connectivity index (χ1n) is 4.33. The van der Waals surface area contributed by atoms with E-state index < -0.39 is 12.1 Å². The largest absolute Gasteiger partial charge is 0.474 e. The molecule has 86 valence electrons. The Morgan fingerprint density at radius 1 is 1.47 bits per heavy atom. The third-order valence-electron chi connectivity index (χ3n) is 0.997. The average Bonchev–Trinajstić information content (AvgIpc) is 2.16. The first-order chi connectivity index (χ1) is 6.95. The maximum atomic E-state index is 10.6. The van der Waals surface area contributed by atoms with Crippen LogP contribution in [0.1, 0.15) is 13.8 Å². The lowest BCUT2D eigenvalue weighted by molar-refractivity contribution is -0.141. The van der Waals surface area contributed by atoms with Crippen LogP contribution in [0.15, 0.2) is 37.8 Å². The van der Waals surface area contributed by atoms with E-state index >= 15 is 0 Å². The molecule has 4 heteroatoms. The minimum Gasteiger partial charge on any atom is -0.474 e. The van der Waals surface area contributed by atoms with E-state index in [4.69, 9.17) is 5.11 Å². The molecule has 4 nitrogen and oxygen atoms in total. The number of aliphatic hydroxyl groups is 1. The van der Waals surface area contributed by atoms with E-state index in [1.807, 2.05) is 0 Å². The second kappa shape index (κ2) is 10.5. The van der Waals surface area contributed by atoms with E-state index in [-0.39, 0.29) is 6.61 Å². The van der Waals surface area contributed by atoms with E-state index in [1.54, 1.807) is 13.8 Å². The summed E-state index contributed by atoms with van der Waals surface area (Å²) in [5.41, 5.74) is 0.348. The smallest absolute Gasteiger partial charge is 0.333 e. The van der Waals surface area contributed by atoms with Gasteiger partial charge in [-0.25, -0.2) is 4.79 Å². The molecule has 0 aromatic carbocycles. The van der Waals surface area contributed by atoms with Gasteiger partial charge in [0.2, 0.25) is 0 Å². The Bertz CT molecular complexity index is 213. The highest BCUT2D eigenvalue weighted by atomic mass is 16.5. The van der Waals surface area contributed by atoms with Gasteiger partial charge in [-0.2, -0.15) is 0 Å². The SMILES string of the molecule is C=C(C)C(=O)OCC(C)O.C=COC=C. The highest BCUT2D eigenvalue weighted by molar-refractivity contribution is 5.86. The summed E-state index contributed by atoms with van der Waals surface area (Å²) >= 11 is 0. The molecule has 0 radical (unpaired) electrons. The second-order valence-electron chi connectivity index (χ2n) is 2.70. The predicted octanol–water partition coefficient (Wildman–Crippen LogP) is 1.78. The van der Waals surface area contributed by atoms with Crippen molar-refractivity contribution in [3.63, 3.8) is 0 Å². The van der Waals surface area contributed by atoms with Crippen molar-refractivity contribution in [1.29, 1.82) is 0 Å². The number of hydrogen-bond donors (Lipinski definition) is 1. The standard InChI is InChI=1S/C7H12O3.C4H6O/c1-5(2)7(9)10-4-6(3)8;1-3-5-4-2/h6,8H,1,4H2,2-3H3;3-4H,1-2H2. The molecule has 1 N–H and O–H groups in total. The monoisotopic (exact) mass is 214 g/mol. The summed E-state index contributed by atoms with van der Waals surface area (Å²) < 4.78 is 8.94. The van der Waals surface area contributed by atoms with Gasteiger partial charge in [0, 0.05) is 5.57 Å². The molecule has 1 unspecified atom stereocenters. The van der Waals surface area contributed by atoms with Crippen molar-refractivity contribution in [2.24, 2.45) is 0 Å². The van der Waals surface area contributed by atoms with Crippen LogP contribution >= 0.6 is 0 Å². The molecule has 0 rings (SSSR count). The van der Waals surface area contributed by atoms with Gasteiger partial charge in [0.25, 0.3) is 0 Å². The molecule has 0 aliphatic carbocycles. The van der Waals surface area contributed by atoms with E-state index in [0.29, 0.717) is 5.57 Å². The minimum absolute atomic E-state index is 0.0334. The highest BCUT2D eigenvalue weighted by Gasteiger charge is 2.03. The molecule has 0 spiro atoms. The second-order valence-corrected chi connectivity index (χ2v) is 2.70. The fourth-order valence-corrected chi connectivity index (χ4v) is 0.388. The number of carbonyl (C=O) groups is 1. The first kappa shape index (κ1) is 15.9. The van der Waals surface area contributed by atoms with Gasteiger partial charge >= 0.3 is 5.97 Å². The predicted molar refractivity (Wildman–Crippen MR) is 58.9 cm³/mol. The number of esters is 1. The van der Waals surface area contributed by atoms with Crippen molar-refractivity contribution in [3.05, 3.63) is 37.8 Å². The Hall–Kier alpha value is -1.55. The van der Waals surface area contributed by atoms with Gasteiger partial charge in [-0.3, -0.25) is 0 Å². The zero-order valence-electron chi connectivity index (χ0n) is 9.23. The molecule has 0 heterocycles. The molecule has 0 bridgehead atoms. The first-order valence-corrected chi connectivity index (χ1v) is 4.33. The van der Waals surface area contributed by atoms with Gasteiger partial charge in [-0.1, -0.05) is 19.7 Å². The average molecular weight is 214 g/mol. The number of ether oxygens (including phenoxy) is 2. The molecule has 0 aliphatic heterocycles. The summed E-state index contributed by atoms with van der Waals surface area (Å²) in [6, 6.07) is 0. The maximum absolute atomic E-state index is 10.6. The zero-order chi connectivity index (χ0) is 12.3. The summed E-state index contributed by atoms with van der Waals surface area (Å²) in [6.45, 7) is 13.0. The number of rotatable bonds is 5. The van der Waals surface area contributed by atoms with Crippen LogP contribution in [0.4, 0.5) is 0 Å². The Kier molecular flexibility index (Phi) is 11.2. The van der Waals surface area contributed by atoms with Gasteiger partial charge in [0.15, 0.2) is 0 Å². The molecular formula is C11H18O4. The van der Waals surface area contributed by atoms with Gasteiger partial charge in [0.05, 0.1) is 18.6 Å². The quantitative estimate of drug-likeness (QED) is 0.430. The molecular weight excluding hydrogens is 196 g/mol. The van der Waals surface area contributed by atoms with Crippen LogP contribution in [0.3, 0.4) is 0 Å². The van der Waals surface area contributed by atoms with Crippen molar-refractivity contribution in [2.45, 2.75) is 20.0 Å². The van der Waals surface area contributed by atoms with Crippen LogP contribution in [0.5, 0.6) is 0 Å². The van der Waals surface area contributed by atoms with Crippen molar-refractivity contribution >= 4 is 5.97 Å². The molecule has 0 aromatic rings. The van der Waals surface area contributed by atoms with Crippen LogP contribution in [0.25, 0.3) is 0 Å². The molecule has 0 amide bonds. The van der Waals surface area contributed by atoms with Crippen molar-refractivity contribution < 1.29 is 19.4 Å². The Labute approximate surface area is 90.5 Å². The van der Waals surface area contributed by atoms with Gasteiger partial charge < -0.3 is 14.6 Å². The van der Waals surface area contributed by atoms with E-state index in [2.05, 4.69) is 29.2 Å². The van der Waals surface area contributed by atoms with Crippen LogP contribution in [-0.2, 0) is 14.3 Å². The van der Waals surface area contributed by atoms with Crippen LogP contribution < -0.4 is 0 Å². The van der Waals surface area contributed by atoms with E-state index in [1.165, 1.54) is 12.5 Å². The van der Waals surface area contributed by atoms with Crippen LogP contribution in [0.2, 0.25) is 0 Å². The summed E-state index contributed by atoms with van der Waals surface area (Å²) in [5, 5.41) is 8.68. The zero-order valence-corrected chi connectivity index (χ0v) is 9.23. The van der Waals surface area contributed by atoms with Crippen molar-refractivity contribution in [3.8, 4) is 0 Å². The lowest BCUT2D eigenvalue weighted by Crippen LogP contribution is -2.15. The van der Waals surface area contributed by atoms with E-state index in [0.717, 1.165) is 0 Å². The Morgan fingerprint density at radius 3 is 2.13 bits per heavy atom. The van der Waals surface area contributed by atoms with Crippen molar-refractivity contribution in [2.75, 3.05) is 6.61 Å². The van der Waals surface area contributed by atoms with Crippen LogP contribution in [0, 0.1) is 0 Å². The van der Waals surface area contributed by atoms with Crippen molar-refractivity contribution in [1.82, 2.24) is 0 Å². The Morgan fingerprint density at radius 2 is 1.93 bits per heavy atom. The molecule has 0 saturated heterocycles. The fraction of sp³-hybridized carbons (Fsp3) is 0.364. The van der Waals surface area contributed by atoms with E-state index in [9.17, 15) is 4.79 Å². The third kappa shape index (κ3) is 15.2. The summed E-state index contributed by atoms with van der Waals surface area (Å²) in [6.07, 6.45) is 2.02. The van der Waals surface area contributed by atoms with Gasteiger partial charge in [-0.05, 0) is 13.8 Å². The molecule has 0 aliphatic rings. The highest BCUT2D eigenvalue weighted by Crippen LogP contribution is 1.92. The lowest BCUT2D eigenvalue weighted by atomic mass is 10.3.